The molecule has 7 nitrogen and oxygen atoms in total. The van der Waals surface area contributed by atoms with Gasteiger partial charge in [-0.15, -0.1) is 0 Å². The molecule has 2 N–H and O–H groups in total. The molecule has 3 aliphatic rings. The number of anilines is 1. The van der Waals surface area contributed by atoms with Crippen molar-refractivity contribution in [3.05, 3.63) is 41.0 Å². The fourth-order valence-corrected chi connectivity index (χ4v) is 5.42. The second-order valence-electron chi connectivity index (χ2n) is 10.1. The van der Waals surface area contributed by atoms with Gasteiger partial charge in [-0.25, -0.2) is 0 Å². The highest BCUT2D eigenvalue weighted by Crippen LogP contribution is 2.31. The Kier molecular flexibility index (Phi) is 8.62. The summed E-state index contributed by atoms with van der Waals surface area (Å²) in [7, 11) is 4.30. The topological polar surface area (TPSA) is 67.9 Å². The van der Waals surface area contributed by atoms with E-state index in [0.29, 0.717) is 13.1 Å². The van der Waals surface area contributed by atoms with Crippen LogP contribution in [0.5, 0.6) is 0 Å². The lowest BCUT2D eigenvalue weighted by atomic mass is 9.95. The SMILES string of the molecule is CN1CCN([C@H](CNC(=O)C(=O)NCCC2=CCCCC2)c2ccc3c(c2)CCCN3C)CC1. The number of benzene rings is 1. The van der Waals surface area contributed by atoms with Gasteiger partial charge in [0.2, 0.25) is 0 Å². The summed E-state index contributed by atoms with van der Waals surface area (Å²) >= 11 is 0. The second-order valence-corrected chi connectivity index (χ2v) is 10.1. The number of rotatable bonds is 7. The van der Waals surface area contributed by atoms with Crippen molar-refractivity contribution in [2.24, 2.45) is 0 Å². The number of fused-ring (bicyclic) bond motifs is 1. The highest BCUT2D eigenvalue weighted by molar-refractivity contribution is 6.35. The molecule has 186 valence electrons. The predicted octanol–water partition coefficient (Wildman–Crippen LogP) is 2.48. The first-order valence-corrected chi connectivity index (χ1v) is 13.0. The molecule has 1 aromatic carbocycles. The lowest BCUT2D eigenvalue weighted by Crippen LogP contribution is -2.49. The smallest absolute Gasteiger partial charge is 0.309 e. The van der Waals surface area contributed by atoms with Gasteiger partial charge >= 0.3 is 11.8 Å². The minimum Gasteiger partial charge on any atom is -0.374 e. The van der Waals surface area contributed by atoms with Crippen molar-refractivity contribution in [2.45, 2.75) is 51.0 Å². The summed E-state index contributed by atoms with van der Waals surface area (Å²) in [6, 6.07) is 6.81. The molecular formula is C27H41N5O2. The zero-order chi connectivity index (χ0) is 23.9. The fraction of sp³-hybridized carbons (Fsp3) is 0.630. The van der Waals surface area contributed by atoms with E-state index in [0.717, 1.165) is 58.4 Å². The van der Waals surface area contributed by atoms with E-state index < -0.39 is 11.8 Å². The molecule has 7 heteroatoms. The summed E-state index contributed by atoms with van der Waals surface area (Å²) in [4.78, 5) is 32.1. The van der Waals surface area contributed by atoms with Crippen LogP contribution in [0.3, 0.4) is 0 Å². The summed E-state index contributed by atoms with van der Waals surface area (Å²) in [5, 5.41) is 5.74. The largest absolute Gasteiger partial charge is 0.374 e. The van der Waals surface area contributed by atoms with Gasteiger partial charge in [0.25, 0.3) is 0 Å². The molecule has 1 aliphatic carbocycles. The average molecular weight is 468 g/mol. The Labute approximate surface area is 204 Å². The van der Waals surface area contributed by atoms with Gasteiger partial charge in [-0.1, -0.05) is 23.8 Å². The van der Waals surface area contributed by atoms with Gasteiger partial charge in [-0.05, 0) is 69.2 Å². The maximum Gasteiger partial charge on any atom is 0.309 e. The molecule has 2 aliphatic heterocycles. The Morgan fingerprint density at radius 2 is 1.74 bits per heavy atom. The third-order valence-electron chi connectivity index (χ3n) is 7.60. The van der Waals surface area contributed by atoms with E-state index in [2.05, 4.69) is 63.7 Å². The molecule has 0 spiro atoms. The number of hydrogen-bond acceptors (Lipinski definition) is 5. The minimum absolute atomic E-state index is 0.0652. The second kappa shape index (κ2) is 11.8. The maximum absolute atomic E-state index is 12.6. The Balaban J connectivity index is 1.37. The molecule has 2 heterocycles. The quantitative estimate of drug-likeness (QED) is 0.476. The van der Waals surface area contributed by atoms with E-state index in [1.54, 1.807) is 0 Å². The summed E-state index contributed by atoms with van der Waals surface area (Å²) in [6.07, 6.45) is 10.1. The van der Waals surface area contributed by atoms with Gasteiger partial charge < -0.3 is 20.4 Å². The molecule has 0 aromatic heterocycles. The van der Waals surface area contributed by atoms with Crippen molar-refractivity contribution in [1.82, 2.24) is 20.4 Å². The standard InChI is InChI=1S/C27H41N5O2/c1-30-15-17-32(18-16-30)25(23-10-11-24-22(19-23)9-6-14-31(24)2)20-29-27(34)26(33)28-13-12-21-7-4-3-5-8-21/h7,10-11,19,25H,3-6,8-9,12-18,20H2,1-2H3,(H,28,33)(H,29,34)/t25-/m1/s1. The van der Waals surface area contributed by atoms with Crippen LogP contribution in [-0.4, -0.2) is 81.5 Å². The van der Waals surface area contributed by atoms with Gasteiger partial charge in [0.1, 0.15) is 0 Å². The molecule has 4 rings (SSSR count). The minimum atomic E-state index is -0.533. The Bertz CT molecular complexity index is 891. The van der Waals surface area contributed by atoms with Crippen molar-refractivity contribution >= 4 is 17.5 Å². The van der Waals surface area contributed by atoms with Crippen LogP contribution in [0.25, 0.3) is 0 Å². The fourth-order valence-electron chi connectivity index (χ4n) is 5.42. The predicted molar refractivity (Wildman–Crippen MR) is 137 cm³/mol. The number of nitrogens with one attached hydrogen (secondary N) is 2. The zero-order valence-corrected chi connectivity index (χ0v) is 20.9. The van der Waals surface area contributed by atoms with E-state index in [1.165, 1.54) is 41.6 Å². The molecule has 1 fully saturated rings. The summed E-state index contributed by atoms with van der Waals surface area (Å²) in [5.41, 5.74) is 5.32. The monoisotopic (exact) mass is 467 g/mol. The van der Waals surface area contributed by atoms with Gasteiger partial charge in [-0.2, -0.15) is 0 Å². The van der Waals surface area contributed by atoms with E-state index >= 15 is 0 Å². The van der Waals surface area contributed by atoms with Gasteiger partial charge in [0.05, 0.1) is 6.04 Å². The molecular weight excluding hydrogens is 426 g/mol. The molecule has 0 unspecified atom stereocenters. The summed E-state index contributed by atoms with van der Waals surface area (Å²) in [6.45, 7) is 5.98. The first kappa shape index (κ1) is 24.7. The van der Waals surface area contributed by atoms with Crippen molar-refractivity contribution in [1.29, 1.82) is 0 Å². The van der Waals surface area contributed by atoms with Crippen molar-refractivity contribution in [2.75, 3.05) is 64.8 Å². The zero-order valence-electron chi connectivity index (χ0n) is 20.9. The summed E-state index contributed by atoms with van der Waals surface area (Å²) < 4.78 is 0. The van der Waals surface area contributed by atoms with Crippen LogP contribution in [0.15, 0.2) is 29.8 Å². The number of likely N-dealkylation sites (N-methyl/N-ethyl adjacent to an activating group) is 1. The third kappa shape index (κ3) is 6.39. The summed E-state index contributed by atoms with van der Waals surface area (Å²) in [5.74, 6) is -1.06. The first-order chi connectivity index (χ1) is 16.5. The number of carbonyl (C=O) groups is 2. The molecule has 0 saturated carbocycles. The Morgan fingerprint density at radius 1 is 0.941 bits per heavy atom. The Morgan fingerprint density at radius 3 is 2.50 bits per heavy atom. The number of allylic oxidation sites excluding steroid dienone is 1. The average Bonchev–Trinajstić information content (AvgIpc) is 2.86. The number of amides is 2. The van der Waals surface area contributed by atoms with Gasteiger partial charge in [0, 0.05) is 58.5 Å². The maximum atomic E-state index is 12.6. The van der Waals surface area contributed by atoms with Crippen LogP contribution in [0.1, 0.15) is 55.7 Å². The third-order valence-corrected chi connectivity index (χ3v) is 7.60. The van der Waals surface area contributed by atoms with Crippen LogP contribution in [0, 0.1) is 0 Å². The van der Waals surface area contributed by atoms with E-state index in [4.69, 9.17) is 0 Å². The molecule has 1 saturated heterocycles. The van der Waals surface area contributed by atoms with Crippen molar-refractivity contribution in [3.8, 4) is 0 Å². The van der Waals surface area contributed by atoms with Crippen LogP contribution in [-0.2, 0) is 16.0 Å². The number of piperazine rings is 1. The molecule has 1 aromatic rings. The van der Waals surface area contributed by atoms with E-state index in [1.807, 2.05) is 0 Å². The van der Waals surface area contributed by atoms with Crippen LogP contribution < -0.4 is 15.5 Å². The van der Waals surface area contributed by atoms with Crippen LogP contribution in [0.2, 0.25) is 0 Å². The van der Waals surface area contributed by atoms with Crippen molar-refractivity contribution in [3.63, 3.8) is 0 Å². The van der Waals surface area contributed by atoms with Gasteiger partial charge in [-0.3, -0.25) is 14.5 Å². The molecule has 0 radical (unpaired) electrons. The highest BCUT2D eigenvalue weighted by Gasteiger charge is 2.27. The normalized spacial score (nSPS) is 20.3. The van der Waals surface area contributed by atoms with Crippen LogP contribution in [0.4, 0.5) is 5.69 Å². The number of aryl methyl sites for hydroxylation is 1. The molecule has 1 atom stereocenters. The Hall–Kier alpha value is -2.38. The lowest BCUT2D eigenvalue weighted by molar-refractivity contribution is -0.139. The van der Waals surface area contributed by atoms with E-state index in [-0.39, 0.29) is 6.04 Å². The number of carbonyl (C=O) groups excluding carboxylic acids is 2. The number of hydrogen-bond donors (Lipinski definition) is 2. The lowest BCUT2D eigenvalue weighted by Gasteiger charge is -2.39. The van der Waals surface area contributed by atoms with Gasteiger partial charge in [0.15, 0.2) is 0 Å². The van der Waals surface area contributed by atoms with Crippen molar-refractivity contribution < 1.29 is 9.59 Å². The molecule has 34 heavy (non-hydrogen) atoms. The van der Waals surface area contributed by atoms with Crippen LogP contribution >= 0.6 is 0 Å². The molecule has 2 amide bonds. The first-order valence-electron chi connectivity index (χ1n) is 13.0. The highest BCUT2D eigenvalue weighted by atomic mass is 16.2. The molecule has 0 bridgehead atoms. The number of nitrogens with zero attached hydrogens (tertiary/aromatic N) is 3. The van der Waals surface area contributed by atoms with E-state index in [9.17, 15) is 9.59 Å².